The Bertz CT molecular complexity index is 1100. The second-order valence-electron chi connectivity index (χ2n) is 8.57. The number of benzene rings is 2. The Kier molecular flexibility index (Phi) is 7.46. The van der Waals surface area contributed by atoms with Crippen LogP contribution >= 0.6 is 0 Å². The molecule has 4 rings (SSSR count). The zero-order valence-electron chi connectivity index (χ0n) is 19.3. The van der Waals surface area contributed by atoms with Gasteiger partial charge in [-0.25, -0.2) is 4.68 Å². The topological polar surface area (TPSA) is 59.8 Å². The Morgan fingerprint density at radius 1 is 1.21 bits per heavy atom. The van der Waals surface area contributed by atoms with Crippen LogP contribution in [0.5, 0.6) is 11.6 Å². The highest BCUT2D eigenvalue weighted by Gasteiger charge is 2.33. The molecule has 0 bridgehead atoms. The first kappa shape index (κ1) is 23.1. The smallest absolute Gasteiger partial charge is 0.222 e. The average molecular weight is 446 g/mol. The monoisotopic (exact) mass is 445 g/mol. The molecule has 6 heteroatoms. The minimum Gasteiger partial charge on any atom is -0.439 e. The van der Waals surface area contributed by atoms with Crippen LogP contribution in [0.15, 0.2) is 54.6 Å². The average Bonchev–Trinajstić information content (AvgIpc) is 3.61. The normalized spacial score (nSPS) is 14.3. The third kappa shape index (κ3) is 6.02. The molecule has 0 saturated heterocycles. The van der Waals surface area contributed by atoms with E-state index in [4.69, 9.17) is 21.0 Å². The van der Waals surface area contributed by atoms with E-state index in [0.29, 0.717) is 25.0 Å². The molecular formula is C27H31N3O3. The fourth-order valence-electron chi connectivity index (χ4n) is 4.00. The fourth-order valence-corrected chi connectivity index (χ4v) is 4.00. The highest BCUT2D eigenvalue weighted by atomic mass is 16.5. The molecule has 1 aromatic heterocycles. The second kappa shape index (κ2) is 10.7. The molecule has 1 fully saturated rings. The maximum Gasteiger partial charge on any atom is 0.222 e. The Morgan fingerprint density at radius 2 is 2.00 bits per heavy atom. The van der Waals surface area contributed by atoms with E-state index in [-0.39, 0.29) is 13.2 Å². The van der Waals surface area contributed by atoms with Gasteiger partial charge in [-0.2, -0.15) is 5.10 Å². The summed E-state index contributed by atoms with van der Waals surface area (Å²) >= 11 is 0. The lowest BCUT2D eigenvalue weighted by Gasteiger charge is -2.25. The minimum absolute atomic E-state index is 0.204. The number of rotatable bonds is 11. The predicted octanol–water partition coefficient (Wildman–Crippen LogP) is 4.16. The Balaban J connectivity index is 1.64. The van der Waals surface area contributed by atoms with Crippen molar-refractivity contribution in [1.29, 1.82) is 0 Å². The lowest BCUT2D eigenvalue weighted by molar-refractivity contribution is 0.0241. The number of aromatic nitrogens is 2. The Labute approximate surface area is 195 Å². The van der Waals surface area contributed by atoms with E-state index < -0.39 is 6.10 Å². The maximum absolute atomic E-state index is 10.5. The standard InChI is InChI=1S/C27H31N3O3/c1-4-15-32-19-23(31)17-30(22-13-14-22)18-25-26(21-10-6-5-7-11-21)28-29(3)27(25)33-24-12-8-9-20(2)16-24/h1,5-12,16,22-23,31H,13-15,17-19H2,2-3H3. The highest BCUT2D eigenvalue weighted by molar-refractivity contribution is 5.65. The fraction of sp³-hybridized carbons (Fsp3) is 0.370. The maximum atomic E-state index is 10.5. The zero-order valence-corrected chi connectivity index (χ0v) is 19.3. The van der Waals surface area contributed by atoms with Crippen molar-refractivity contribution in [3.05, 3.63) is 65.7 Å². The zero-order chi connectivity index (χ0) is 23.2. The summed E-state index contributed by atoms with van der Waals surface area (Å²) in [6.45, 7) is 3.59. The molecule has 1 aliphatic rings. The number of ether oxygens (including phenoxy) is 2. The van der Waals surface area contributed by atoms with Crippen molar-refractivity contribution in [2.24, 2.45) is 7.05 Å². The van der Waals surface area contributed by atoms with Crippen LogP contribution in [0.25, 0.3) is 11.3 Å². The van der Waals surface area contributed by atoms with Gasteiger partial charge in [-0.05, 0) is 37.5 Å². The molecule has 1 aliphatic carbocycles. The molecule has 1 heterocycles. The highest BCUT2D eigenvalue weighted by Crippen LogP contribution is 2.37. The van der Waals surface area contributed by atoms with Crippen LogP contribution in [0, 0.1) is 19.3 Å². The SMILES string of the molecule is C#CCOCC(O)CN(Cc1c(-c2ccccc2)nn(C)c1Oc1cccc(C)c1)C1CC1. The lowest BCUT2D eigenvalue weighted by atomic mass is 10.1. The van der Waals surface area contributed by atoms with E-state index >= 15 is 0 Å². The van der Waals surface area contributed by atoms with Crippen LogP contribution in [0.3, 0.4) is 0 Å². The van der Waals surface area contributed by atoms with E-state index in [9.17, 15) is 5.11 Å². The van der Waals surface area contributed by atoms with E-state index in [1.807, 2.05) is 56.4 Å². The lowest BCUT2D eigenvalue weighted by Crippen LogP contribution is -2.36. The quantitative estimate of drug-likeness (QED) is 0.355. The van der Waals surface area contributed by atoms with Crippen molar-refractivity contribution in [2.75, 3.05) is 19.8 Å². The molecule has 2 aromatic carbocycles. The Hall–Kier alpha value is -3.11. The van der Waals surface area contributed by atoms with Crippen molar-refractivity contribution in [1.82, 2.24) is 14.7 Å². The molecule has 0 aliphatic heterocycles. The van der Waals surface area contributed by atoms with Gasteiger partial charge >= 0.3 is 0 Å². The van der Waals surface area contributed by atoms with Crippen molar-refractivity contribution < 1.29 is 14.6 Å². The molecule has 1 saturated carbocycles. The van der Waals surface area contributed by atoms with Crippen molar-refractivity contribution >= 4 is 0 Å². The van der Waals surface area contributed by atoms with Crippen LogP contribution in [0.2, 0.25) is 0 Å². The van der Waals surface area contributed by atoms with Crippen LogP contribution in [-0.2, 0) is 18.3 Å². The van der Waals surface area contributed by atoms with Gasteiger partial charge in [0.05, 0.1) is 18.3 Å². The summed E-state index contributed by atoms with van der Waals surface area (Å²) in [5, 5.41) is 15.4. The van der Waals surface area contributed by atoms with Gasteiger partial charge in [0.2, 0.25) is 5.88 Å². The summed E-state index contributed by atoms with van der Waals surface area (Å²) in [5.41, 5.74) is 4.07. The molecule has 1 N–H and O–H groups in total. The first-order chi connectivity index (χ1) is 16.0. The van der Waals surface area contributed by atoms with Crippen molar-refractivity contribution in [2.45, 2.75) is 38.5 Å². The van der Waals surface area contributed by atoms with Crippen LogP contribution in [0.4, 0.5) is 0 Å². The van der Waals surface area contributed by atoms with Gasteiger partial charge in [0.15, 0.2) is 0 Å². The molecule has 6 nitrogen and oxygen atoms in total. The van der Waals surface area contributed by atoms with Gasteiger partial charge in [-0.15, -0.1) is 6.42 Å². The van der Waals surface area contributed by atoms with E-state index in [1.165, 1.54) is 0 Å². The molecule has 1 unspecified atom stereocenters. The minimum atomic E-state index is -0.614. The molecule has 172 valence electrons. The molecule has 33 heavy (non-hydrogen) atoms. The van der Waals surface area contributed by atoms with Gasteiger partial charge in [0.1, 0.15) is 18.1 Å². The summed E-state index contributed by atoms with van der Waals surface area (Å²) in [6, 6.07) is 18.6. The van der Waals surface area contributed by atoms with Gasteiger partial charge in [0.25, 0.3) is 0 Å². The molecule has 0 radical (unpaired) electrons. The number of aliphatic hydroxyl groups excluding tert-OH is 1. The van der Waals surface area contributed by atoms with Gasteiger partial charge in [-0.1, -0.05) is 48.4 Å². The van der Waals surface area contributed by atoms with E-state index in [2.05, 4.69) is 23.0 Å². The number of terminal acetylenes is 1. The van der Waals surface area contributed by atoms with Crippen LogP contribution < -0.4 is 4.74 Å². The second-order valence-corrected chi connectivity index (χ2v) is 8.57. The predicted molar refractivity (Wildman–Crippen MR) is 129 cm³/mol. The number of hydrogen-bond donors (Lipinski definition) is 1. The Morgan fingerprint density at radius 3 is 2.70 bits per heavy atom. The van der Waals surface area contributed by atoms with Gasteiger partial charge < -0.3 is 14.6 Å². The summed E-state index contributed by atoms with van der Waals surface area (Å²) in [6.07, 6.45) is 6.87. The number of aliphatic hydroxyl groups is 1. The largest absolute Gasteiger partial charge is 0.439 e. The van der Waals surface area contributed by atoms with Crippen molar-refractivity contribution in [3.8, 4) is 35.2 Å². The first-order valence-electron chi connectivity index (χ1n) is 11.3. The third-order valence-corrected chi connectivity index (χ3v) is 5.70. The van der Waals surface area contributed by atoms with Crippen LogP contribution in [0.1, 0.15) is 24.0 Å². The van der Waals surface area contributed by atoms with Gasteiger partial charge in [0, 0.05) is 31.7 Å². The molecule has 0 spiro atoms. The number of hydrogen-bond acceptors (Lipinski definition) is 5. The molecule has 0 amide bonds. The van der Waals surface area contributed by atoms with Crippen molar-refractivity contribution in [3.63, 3.8) is 0 Å². The summed E-state index contributed by atoms with van der Waals surface area (Å²) in [4.78, 5) is 2.30. The summed E-state index contributed by atoms with van der Waals surface area (Å²) < 4.78 is 13.5. The van der Waals surface area contributed by atoms with Crippen LogP contribution in [-0.4, -0.2) is 51.7 Å². The van der Waals surface area contributed by atoms with Gasteiger partial charge in [-0.3, -0.25) is 4.90 Å². The summed E-state index contributed by atoms with van der Waals surface area (Å²) in [5.74, 6) is 3.93. The first-order valence-corrected chi connectivity index (χ1v) is 11.3. The van der Waals surface area contributed by atoms with E-state index in [0.717, 1.165) is 41.0 Å². The third-order valence-electron chi connectivity index (χ3n) is 5.70. The number of nitrogens with zero attached hydrogens (tertiary/aromatic N) is 3. The number of aryl methyl sites for hydroxylation is 2. The summed E-state index contributed by atoms with van der Waals surface area (Å²) in [7, 11) is 1.91. The molecule has 3 aromatic rings. The van der Waals surface area contributed by atoms with E-state index in [1.54, 1.807) is 4.68 Å². The molecular weight excluding hydrogens is 414 g/mol. The molecule has 1 atom stereocenters.